The molecule has 0 aliphatic rings. The zero-order valence-electron chi connectivity index (χ0n) is 14.4. The molecule has 0 saturated carbocycles. The van der Waals surface area contributed by atoms with E-state index in [0.29, 0.717) is 4.88 Å². The predicted octanol–water partition coefficient (Wildman–Crippen LogP) is 3.95. The third-order valence-corrected chi connectivity index (χ3v) is 4.53. The van der Waals surface area contributed by atoms with Crippen LogP contribution in [0.1, 0.15) is 37.7 Å². The molecule has 0 radical (unpaired) electrons. The molecule has 0 spiro atoms. The summed E-state index contributed by atoms with van der Waals surface area (Å²) in [4.78, 5) is 37.6. The summed E-state index contributed by atoms with van der Waals surface area (Å²) < 4.78 is 36.7. The van der Waals surface area contributed by atoms with Crippen LogP contribution >= 0.6 is 11.3 Å². The number of halogens is 3. The number of aryl methyl sites for hydroxylation is 1. The number of thiophene rings is 1. The minimum absolute atomic E-state index is 0.00573. The Morgan fingerprint density at radius 2 is 1.74 bits per heavy atom. The maximum Gasteiger partial charge on any atom is 0.405 e. The Morgan fingerprint density at radius 3 is 2.37 bits per heavy atom. The first-order valence-electron chi connectivity index (χ1n) is 7.99. The highest BCUT2D eigenvalue weighted by Gasteiger charge is 2.28. The summed E-state index contributed by atoms with van der Waals surface area (Å²) in [5.74, 6) is -1.62. The fourth-order valence-electron chi connectivity index (χ4n) is 2.21. The molecule has 2 N–H and O–H groups in total. The number of amides is 2. The van der Waals surface area contributed by atoms with Crippen molar-refractivity contribution in [2.45, 2.75) is 25.9 Å². The number of hydrogen-bond acceptors (Lipinski definition) is 4. The van der Waals surface area contributed by atoms with Gasteiger partial charge in [0.2, 0.25) is 5.91 Å². The largest absolute Gasteiger partial charge is 0.405 e. The number of carbonyl (C=O) groups is 3. The van der Waals surface area contributed by atoms with E-state index in [2.05, 4.69) is 5.32 Å². The van der Waals surface area contributed by atoms with E-state index in [1.165, 1.54) is 35.6 Å². The van der Waals surface area contributed by atoms with Gasteiger partial charge in [-0.1, -0.05) is 12.1 Å². The van der Waals surface area contributed by atoms with Crippen molar-refractivity contribution in [1.82, 2.24) is 5.32 Å². The van der Waals surface area contributed by atoms with Crippen molar-refractivity contribution < 1.29 is 27.6 Å². The quantitative estimate of drug-likeness (QED) is 0.694. The Balaban J connectivity index is 1.95. The Hall–Kier alpha value is -2.68. The summed E-state index contributed by atoms with van der Waals surface area (Å²) in [6.45, 7) is 0.401. The van der Waals surface area contributed by atoms with Crippen molar-refractivity contribution in [1.29, 1.82) is 0 Å². The maximum absolute atomic E-state index is 12.2. The summed E-state index contributed by atoms with van der Waals surface area (Å²) in [5.41, 5.74) is -0.00287. The van der Waals surface area contributed by atoms with Crippen LogP contribution in [-0.2, 0) is 4.79 Å². The number of carbonyl (C=O) groups excluding carboxylic acids is 3. The Labute approximate surface area is 157 Å². The van der Waals surface area contributed by atoms with E-state index in [9.17, 15) is 27.6 Å². The van der Waals surface area contributed by atoms with Crippen LogP contribution in [0, 0.1) is 6.92 Å². The van der Waals surface area contributed by atoms with E-state index in [4.69, 9.17) is 0 Å². The van der Waals surface area contributed by atoms with Gasteiger partial charge in [0.25, 0.3) is 5.91 Å². The van der Waals surface area contributed by atoms with Crippen LogP contribution in [0.25, 0.3) is 0 Å². The van der Waals surface area contributed by atoms with Crippen LogP contribution in [0.3, 0.4) is 0 Å². The molecule has 144 valence electrons. The van der Waals surface area contributed by atoms with Gasteiger partial charge in [-0.25, -0.2) is 0 Å². The van der Waals surface area contributed by atoms with Crippen LogP contribution in [0.5, 0.6) is 0 Å². The summed E-state index contributed by atoms with van der Waals surface area (Å²) in [7, 11) is 0. The van der Waals surface area contributed by atoms with Gasteiger partial charge in [0, 0.05) is 17.7 Å². The van der Waals surface area contributed by atoms with E-state index in [0.717, 1.165) is 4.88 Å². The van der Waals surface area contributed by atoms with Gasteiger partial charge < -0.3 is 10.6 Å². The minimum Gasteiger partial charge on any atom is -0.343 e. The number of hydrogen-bond donors (Lipinski definition) is 2. The first kappa shape index (κ1) is 20.6. The molecular weight excluding hydrogens is 381 g/mol. The van der Waals surface area contributed by atoms with Gasteiger partial charge >= 0.3 is 6.18 Å². The molecule has 2 amide bonds. The normalized spacial score (nSPS) is 11.1. The number of ketones is 1. The van der Waals surface area contributed by atoms with Crippen molar-refractivity contribution in [3.63, 3.8) is 0 Å². The lowest BCUT2D eigenvalue weighted by molar-refractivity contribution is -0.123. The number of rotatable bonds is 7. The van der Waals surface area contributed by atoms with E-state index >= 15 is 0 Å². The molecule has 0 aliphatic carbocycles. The molecule has 9 heteroatoms. The van der Waals surface area contributed by atoms with Crippen molar-refractivity contribution >= 4 is 34.6 Å². The Bertz CT molecular complexity index is 846. The Morgan fingerprint density at radius 1 is 1.04 bits per heavy atom. The smallest absolute Gasteiger partial charge is 0.343 e. The van der Waals surface area contributed by atoms with E-state index in [1.807, 2.05) is 13.0 Å². The third-order valence-electron chi connectivity index (χ3n) is 3.49. The molecule has 1 aromatic carbocycles. The molecule has 0 atom stereocenters. The van der Waals surface area contributed by atoms with Crippen molar-refractivity contribution in [2.24, 2.45) is 0 Å². The number of para-hydroxylation sites is 1. The minimum atomic E-state index is -4.53. The lowest BCUT2D eigenvalue weighted by Gasteiger charge is -2.12. The standard InChI is InChI=1S/C18H17F3N2O3S/c1-11-6-8-15(27-11)14(24)7-9-16(25)23-13-5-3-2-4-12(13)17(26)22-10-18(19,20)21/h2-6,8H,7,9-10H2,1H3,(H,22,26)(H,23,25). The first-order valence-corrected chi connectivity index (χ1v) is 8.81. The van der Waals surface area contributed by atoms with Crippen LogP contribution in [0.2, 0.25) is 0 Å². The molecule has 5 nitrogen and oxygen atoms in total. The second kappa shape index (κ2) is 8.81. The topological polar surface area (TPSA) is 75.3 Å². The van der Waals surface area contributed by atoms with E-state index in [1.54, 1.807) is 11.4 Å². The van der Waals surface area contributed by atoms with Gasteiger partial charge in [0.15, 0.2) is 5.78 Å². The zero-order chi connectivity index (χ0) is 20.0. The second-order valence-corrected chi connectivity index (χ2v) is 7.01. The van der Waals surface area contributed by atoms with Crippen LogP contribution in [0.15, 0.2) is 36.4 Å². The number of Topliss-reactive ketones (excluding diaryl/α,β-unsaturated/α-hetero) is 1. The van der Waals surface area contributed by atoms with Crippen molar-refractivity contribution in [3.05, 3.63) is 51.7 Å². The lowest BCUT2D eigenvalue weighted by Crippen LogP contribution is -2.34. The maximum atomic E-state index is 12.2. The molecule has 2 rings (SSSR count). The third kappa shape index (κ3) is 6.52. The molecule has 0 bridgehead atoms. The second-order valence-electron chi connectivity index (χ2n) is 5.73. The van der Waals surface area contributed by atoms with Gasteiger partial charge in [0.1, 0.15) is 6.54 Å². The average molecular weight is 398 g/mol. The Kier molecular flexibility index (Phi) is 6.73. The SMILES string of the molecule is Cc1ccc(C(=O)CCC(=O)Nc2ccccc2C(=O)NCC(F)(F)F)s1. The van der Waals surface area contributed by atoms with Gasteiger partial charge in [0.05, 0.1) is 16.1 Å². The van der Waals surface area contributed by atoms with E-state index < -0.39 is 24.5 Å². The first-order chi connectivity index (χ1) is 12.7. The van der Waals surface area contributed by atoms with Crippen molar-refractivity contribution in [2.75, 3.05) is 11.9 Å². The number of nitrogens with one attached hydrogen (secondary N) is 2. The highest BCUT2D eigenvalue weighted by Crippen LogP contribution is 2.19. The van der Waals surface area contributed by atoms with Gasteiger partial charge in [-0.2, -0.15) is 13.2 Å². The highest BCUT2D eigenvalue weighted by molar-refractivity contribution is 7.14. The molecule has 0 unspecified atom stereocenters. The zero-order valence-corrected chi connectivity index (χ0v) is 15.2. The van der Waals surface area contributed by atoms with Gasteiger partial charge in [-0.3, -0.25) is 14.4 Å². The summed E-state index contributed by atoms with van der Waals surface area (Å²) in [5, 5.41) is 4.23. The predicted molar refractivity (Wildman–Crippen MR) is 96.1 cm³/mol. The number of benzene rings is 1. The van der Waals surface area contributed by atoms with Crippen LogP contribution in [0.4, 0.5) is 18.9 Å². The molecule has 0 saturated heterocycles. The average Bonchev–Trinajstić information content (AvgIpc) is 3.04. The van der Waals surface area contributed by atoms with Gasteiger partial charge in [-0.15, -0.1) is 11.3 Å². The number of alkyl halides is 3. The molecule has 1 heterocycles. The molecule has 0 fully saturated rings. The molecule has 0 aliphatic heterocycles. The monoisotopic (exact) mass is 398 g/mol. The summed E-state index contributed by atoms with van der Waals surface area (Å²) in [6, 6.07) is 9.23. The highest BCUT2D eigenvalue weighted by atomic mass is 32.1. The molecular formula is C18H17F3N2O3S. The van der Waals surface area contributed by atoms with Crippen LogP contribution in [-0.4, -0.2) is 30.3 Å². The lowest BCUT2D eigenvalue weighted by atomic mass is 10.1. The van der Waals surface area contributed by atoms with Crippen LogP contribution < -0.4 is 10.6 Å². The molecule has 1 aromatic heterocycles. The number of anilines is 1. The fourth-order valence-corrected chi connectivity index (χ4v) is 3.05. The molecule has 2 aromatic rings. The fraction of sp³-hybridized carbons (Fsp3) is 0.278. The molecule has 27 heavy (non-hydrogen) atoms. The summed E-state index contributed by atoms with van der Waals surface area (Å²) in [6.07, 6.45) is -4.64. The van der Waals surface area contributed by atoms with E-state index in [-0.39, 0.29) is 29.9 Å². The summed E-state index contributed by atoms with van der Waals surface area (Å²) >= 11 is 1.34. The van der Waals surface area contributed by atoms with Crippen molar-refractivity contribution in [3.8, 4) is 0 Å². The van der Waals surface area contributed by atoms with Gasteiger partial charge in [-0.05, 0) is 31.2 Å².